The van der Waals surface area contributed by atoms with Crippen molar-refractivity contribution in [2.45, 2.75) is 30.8 Å². The normalized spacial score (nSPS) is 15.7. The number of anilines is 2. The number of hydrogen-bond acceptors (Lipinski definition) is 7. The Kier molecular flexibility index (Phi) is 8.37. The lowest BCUT2D eigenvalue weighted by Gasteiger charge is -2.26. The van der Waals surface area contributed by atoms with Crippen LogP contribution in [0.1, 0.15) is 24.0 Å². The van der Waals surface area contributed by atoms with Crippen LogP contribution in [-0.2, 0) is 24.0 Å². The van der Waals surface area contributed by atoms with Crippen molar-refractivity contribution in [1.82, 2.24) is 30.0 Å². The molecule has 3 aromatic rings. The molecular formula is C24H30F3N7OS. The molecule has 1 aromatic carbocycles. The molecule has 194 valence electrons. The van der Waals surface area contributed by atoms with Crippen molar-refractivity contribution in [1.29, 1.82) is 0 Å². The zero-order valence-corrected chi connectivity index (χ0v) is 21.1. The van der Waals surface area contributed by atoms with Crippen LogP contribution in [0, 0.1) is 6.92 Å². The number of hydrogen-bond donors (Lipinski definition) is 2. The monoisotopic (exact) mass is 521 g/mol. The first kappa shape index (κ1) is 26.2. The topological polar surface area (TPSA) is 88.0 Å². The zero-order valence-electron chi connectivity index (χ0n) is 20.3. The van der Waals surface area contributed by atoms with E-state index in [1.807, 2.05) is 13.0 Å². The van der Waals surface area contributed by atoms with E-state index in [4.69, 9.17) is 0 Å². The minimum absolute atomic E-state index is 0.0340. The van der Waals surface area contributed by atoms with Crippen LogP contribution < -0.4 is 10.6 Å². The average molecular weight is 522 g/mol. The predicted octanol–water partition coefficient (Wildman–Crippen LogP) is 3.74. The average Bonchev–Trinajstić information content (AvgIpc) is 3.29. The summed E-state index contributed by atoms with van der Waals surface area (Å²) in [5.41, 5.74) is 0.499. The molecule has 2 aromatic heterocycles. The summed E-state index contributed by atoms with van der Waals surface area (Å²) in [7, 11) is 0.505. The molecule has 1 unspecified atom stereocenters. The summed E-state index contributed by atoms with van der Waals surface area (Å²) in [5, 5.41) is 10.3. The fraction of sp³-hybridized carbons (Fsp3) is 0.458. The molecule has 8 nitrogen and oxygen atoms in total. The molecule has 1 saturated heterocycles. The number of benzene rings is 1. The second kappa shape index (κ2) is 11.5. The summed E-state index contributed by atoms with van der Waals surface area (Å²) in [6.45, 7) is 7.03. The lowest BCUT2D eigenvalue weighted by molar-refractivity contribution is -0.137. The standard InChI is InChI=1S/C24H30F3N7OS/c1-17-13-19(36(35)12-4-3-9-34-10-7-28-8-11-34)5-6-21(17)31-23-29-15-20(24(25,26)27)22(32-23)18-14-30-33(2)16-18/h5-6,13-16,28H,3-4,7-12H2,1-2H3,(H,29,31,32). The Bertz CT molecular complexity index is 1210. The van der Waals surface area contributed by atoms with E-state index in [-0.39, 0.29) is 17.2 Å². The van der Waals surface area contributed by atoms with Crippen LogP contribution in [-0.4, -0.2) is 67.3 Å². The highest BCUT2D eigenvalue weighted by atomic mass is 32.2. The molecule has 3 heterocycles. The van der Waals surface area contributed by atoms with Gasteiger partial charge in [0.25, 0.3) is 0 Å². The van der Waals surface area contributed by atoms with E-state index in [0.29, 0.717) is 11.4 Å². The van der Waals surface area contributed by atoms with Crippen LogP contribution in [0.15, 0.2) is 41.7 Å². The maximum absolute atomic E-state index is 13.5. The van der Waals surface area contributed by atoms with E-state index in [0.717, 1.165) is 62.2 Å². The van der Waals surface area contributed by atoms with Gasteiger partial charge in [0.1, 0.15) is 5.56 Å². The Morgan fingerprint density at radius 1 is 1.17 bits per heavy atom. The van der Waals surface area contributed by atoms with Gasteiger partial charge in [0.2, 0.25) is 5.95 Å². The molecule has 0 aliphatic carbocycles. The number of nitrogens with zero attached hydrogens (tertiary/aromatic N) is 5. The highest BCUT2D eigenvalue weighted by Crippen LogP contribution is 2.36. The second-order valence-corrected chi connectivity index (χ2v) is 10.4. The maximum atomic E-state index is 13.5. The Labute approximate surface area is 210 Å². The molecule has 1 atom stereocenters. The van der Waals surface area contributed by atoms with Gasteiger partial charge >= 0.3 is 6.18 Å². The summed E-state index contributed by atoms with van der Waals surface area (Å²) >= 11 is 0. The Balaban J connectivity index is 1.41. The van der Waals surface area contributed by atoms with Crippen molar-refractivity contribution in [3.05, 3.63) is 47.9 Å². The van der Waals surface area contributed by atoms with Crippen molar-refractivity contribution in [2.24, 2.45) is 7.05 Å². The Morgan fingerprint density at radius 2 is 1.94 bits per heavy atom. The van der Waals surface area contributed by atoms with Crippen molar-refractivity contribution >= 4 is 22.4 Å². The van der Waals surface area contributed by atoms with Crippen molar-refractivity contribution in [3.63, 3.8) is 0 Å². The molecule has 1 fully saturated rings. The number of piperazine rings is 1. The van der Waals surface area contributed by atoms with Gasteiger partial charge in [-0.3, -0.25) is 8.89 Å². The van der Waals surface area contributed by atoms with Gasteiger partial charge in [0.05, 0.1) is 22.7 Å². The van der Waals surface area contributed by atoms with Crippen molar-refractivity contribution in [2.75, 3.05) is 43.8 Å². The summed E-state index contributed by atoms with van der Waals surface area (Å²) in [6.07, 6.45) is 0.870. The largest absolute Gasteiger partial charge is 0.419 e. The molecule has 4 rings (SSSR count). The van der Waals surface area contributed by atoms with Crippen LogP contribution in [0.4, 0.5) is 24.8 Å². The summed E-state index contributed by atoms with van der Waals surface area (Å²) in [6, 6.07) is 5.36. The number of aryl methyl sites for hydroxylation is 2. The molecule has 2 N–H and O–H groups in total. The molecule has 36 heavy (non-hydrogen) atoms. The maximum Gasteiger partial charge on any atom is 0.419 e. The number of unbranched alkanes of at least 4 members (excludes halogenated alkanes) is 1. The molecule has 0 bridgehead atoms. The van der Waals surface area contributed by atoms with Gasteiger partial charge in [-0.2, -0.15) is 18.3 Å². The van der Waals surface area contributed by atoms with Gasteiger partial charge in [0, 0.05) is 67.5 Å². The fourth-order valence-electron chi connectivity index (χ4n) is 4.07. The van der Waals surface area contributed by atoms with Crippen LogP contribution in [0.3, 0.4) is 0 Å². The third-order valence-corrected chi connectivity index (χ3v) is 7.48. The van der Waals surface area contributed by atoms with Gasteiger partial charge in [-0.15, -0.1) is 0 Å². The molecule has 1 aliphatic rings. The van der Waals surface area contributed by atoms with E-state index in [1.165, 1.54) is 17.1 Å². The van der Waals surface area contributed by atoms with Crippen LogP contribution in [0.2, 0.25) is 0 Å². The van der Waals surface area contributed by atoms with Crippen LogP contribution >= 0.6 is 0 Å². The molecule has 0 spiro atoms. The van der Waals surface area contributed by atoms with E-state index in [9.17, 15) is 17.4 Å². The van der Waals surface area contributed by atoms with E-state index in [1.54, 1.807) is 19.2 Å². The number of aromatic nitrogens is 4. The first-order valence-corrected chi connectivity index (χ1v) is 13.1. The minimum Gasteiger partial charge on any atom is -0.324 e. The van der Waals surface area contributed by atoms with Crippen molar-refractivity contribution in [3.8, 4) is 11.3 Å². The second-order valence-electron chi connectivity index (χ2n) is 8.81. The van der Waals surface area contributed by atoms with Crippen LogP contribution in [0.25, 0.3) is 11.3 Å². The summed E-state index contributed by atoms with van der Waals surface area (Å²) < 4.78 is 54.8. The SMILES string of the molecule is Cc1cc(S(=O)CCCCN2CCNCC2)ccc1Nc1ncc(C(F)(F)F)c(-c2cnn(C)c2)n1. The van der Waals surface area contributed by atoms with Gasteiger partial charge < -0.3 is 15.5 Å². The number of nitrogens with one attached hydrogen (secondary N) is 2. The molecule has 0 amide bonds. The summed E-state index contributed by atoms with van der Waals surface area (Å²) in [4.78, 5) is 11.2. The Hall–Kier alpha value is -2.83. The minimum atomic E-state index is -4.60. The lowest BCUT2D eigenvalue weighted by atomic mass is 10.1. The van der Waals surface area contributed by atoms with Gasteiger partial charge in [-0.05, 0) is 50.1 Å². The highest BCUT2D eigenvalue weighted by molar-refractivity contribution is 7.85. The predicted molar refractivity (Wildman–Crippen MR) is 134 cm³/mol. The molecule has 12 heteroatoms. The first-order chi connectivity index (χ1) is 17.2. The first-order valence-electron chi connectivity index (χ1n) is 11.8. The number of alkyl halides is 3. The van der Waals surface area contributed by atoms with Gasteiger partial charge in [-0.1, -0.05) is 0 Å². The third-order valence-electron chi connectivity index (χ3n) is 6.04. The third kappa shape index (κ3) is 6.68. The van der Waals surface area contributed by atoms with Gasteiger partial charge in [-0.25, -0.2) is 9.97 Å². The Morgan fingerprint density at radius 3 is 2.61 bits per heavy atom. The van der Waals surface area contributed by atoms with E-state index in [2.05, 4.69) is 30.6 Å². The fourth-order valence-corrected chi connectivity index (χ4v) is 5.30. The zero-order chi connectivity index (χ0) is 25.7. The van der Waals surface area contributed by atoms with Crippen LogP contribution in [0.5, 0.6) is 0 Å². The van der Waals surface area contributed by atoms with Gasteiger partial charge in [0.15, 0.2) is 0 Å². The van der Waals surface area contributed by atoms with Crippen molar-refractivity contribution < 1.29 is 17.4 Å². The lowest BCUT2D eigenvalue weighted by Crippen LogP contribution is -2.43. The van der Waals surface area contributed by atoms with E-state index >= 15 is 0 Å². The summed E-state index contributed by atoms with van der Waals surface area (Å²) in [5.74, 6) is 0.626. The smallest absolute Gasteiger partial charge is 0.324 e. The highest BCUT2D eigenvalue weighted by Gasteiger charge is 2.35. The molecule has 0 radical (unpaired) electrons. The number of halogens is 3. The quantitative estimate of drug-likeness (QED) is 0.415. The molecular weight excluding hydrogens is 491 g/mol. The van der Waals surface area contributed by atoms with E-state index < -0.39 is 22.5 Å². The number of rotatable bonds is 9. The molecule has 0 saturated carbocycles. The molecule has 1 aliphatic heterocycles.